The third-order valence-electron chi connectivity index (χ3n) is 4.12. The summed E-state index contributed by atoms with van der Waals surface area (Å²) >= 11 is 0. The fraction of sp³-hybridized carbons (Fsp3) is 0.227. The predicted molar refractivity (Wildman–Crippen MR) is 107 cm³/mol. The van der Waals surface area contributed by atoms with Crippen molar-refractivity contribution in [1.29, 1.82) is 0 Å². The minimum absolute atomic E-state index is 0.0371. The van der Waals surface area contributed by atoms with E-state index in [0.717, 1.165) is 5.56 Å². The Morgan fingerprint density at radius 1 is 1.03 bits per heavy atom. The summed E-state index contributed by atoms with van der Waals surface area (Å²) in [6.07, 6.45) is 3.53. The largest absolute Gasteiger partial charge is 0.480 e. The van der Waals surface area contributed by atoms with Crippen molar-refractivity contribution in [2.24, 2.45) is 0 Å². The number of nitrogens with one attached hydrogen (secondary N) is 2. The molecular weight excluding hydrogens is 375 g/mol. The van der Waals surface area contributed by atoms with Crippen LogP contribution in [0, 0.1) is 5.82 Å². The lowest BCUT2D eigenvalue weighted by Gasteiger charge is -2.20. The molecule has 0 spiro atoms. The summed E-state index contributed by atoms with van der Waals surface area (Å²) in [4.78, 5) is 35.6. The lowest BCUT2D eigenvalue weighted by Crippen LogP contribution is -2.52. The molecule has 0 saturated heterocycles. The quantitative estimate of drug-likeness (QED) is 0.605. The Balaban J connectivity index is 2.06. The van der Waals surface area contributed by atoms with Crippen LogP contribution < -0.4 is 10.6 Å². The second-order valence-corrected chi connectivity index (χ2v) is 6.54. The molecule has 2 rings (SSSR count). The zero-order valence-electron chi connectivity index (χ0n) is 16.0. The minimum atomic E-state index is -1.19. The van der Waals surface area contributed by atoms with E-state index >= 15 is 0 Å². The van der Waals surface area contributed by atoms with Crippen LogP contribution in [0.15, 0.2) is 60.7 Å². The van der Waals surface area contributed by atoms with Crippen LogP contribution in [0.5, 0.6) is 0 Å². The molecule has 6 nitrogen and oxygen atoms in total. The summed E-state index contributed by atoms with van der Waals surface area (Å²) in [6, 6.07) is 12.8. The van der Waals surface area contributed by atoms with Crippen molar-refractivity contribution in [3.05, 3.63) is 77.6 Å². The molecule has 0 radical (unpaired) electrons. The summed E-state index contributed by atoms with van der Waals surface area (Å²) in [5.41, 5.74) is 1.42. The molecule has 7 heteroatoms. The Kier molecular flexibility index (Phi) is 8.09. The molecule has 2 aromatic carbocycles. The Morgan fingerprint density at radius 3 is 2.38 bits per heavy atom. The molecule has 29 heavy (non-hydrogen) atoms. The number of amides is 2. The van der Waals surface area contributed by atoms with Crippen molar-refractivity contribution < 1.29 is 23.9 Å². The number of carbonyl (C=O) groups excluding carboxylic acids is 2. The summed E-state index contributed by atoms with van der Waals surface area (Å²) in [7, 11) is 0. The van der Waals surface area contributed by atoms with Gasteiger partial charge in [0.1, 0.15) is 17.9 Å². The Labute approximate surface area is 168 Å². The normalized spacial score (nSPS) is 12.9. The number of benzene rings is 2. The summed E-state index contributed by atoms with van der Waals surface area (Å²) in [6.45, 7) is 1.25. The molecule has 2 atom stereocenters. The van der Waals surface area contributed by atoms with E-state index in [9.17, 15) is 23.9 Å². The van der Waals surface area contributed by atoms with Gasteiger partial charge in [0, 0.05) is 13.3 Å². The van der Waals surface area contributed by atoms with Gasteiger partial charge < -0.3 is 15.7 Å². The van der Waals surface area contributed by atoms with E-state index in [-0.39, 0.29) is 12.8 Å². The molecule has 0 heterocycles. The molecule has 0 aromatic heterocycles. The Bertz CT molecular complexity index is 883. The number of carboxylic acid groups (broad SMARTS) is 1. The van der Waals surface area contributed by atoms with Gasteiger partial charge in [-0.2, -0.15) is 0 Å². The lowest BCUT2D eigenvalue weighted by atomic mass is 10.0. The van der Waals surface area contributed by atoms with E-state index in [1.54, 1.807) is 18.2 Å². The molecule has 0 bridgehead atoms. The maximum Gasteiger partial charge on any atom is 0.326 e. The van der Waals surface area contributed by atoms with Crippen LogP contribution >= 0.6 is 0 Å². The molecule has 0 fully saturated rings. The second kappa shape index (κ2) is 10.8. The number of carboxylic acids is 1. The van der Waals surface area contributed by atoms with Crippen molar-refractivity contribution >= 4 is 23.9 Å². The van der Waals surface area contributed by atoms with Crippen LogP contribution in [-0.4, -0.2) is 35.0 Å². The third kappa shape index (κ3) is 7.57. The van der Waals surface area contributed by atoms with Gasteiger partial charge in [-0.3, -0.25) is 9.59 Å². The maximum atomic E-state index is 13.4. The number of halogens is 1. The predicted octanol–water partition coefficient (Wildman–Crippen LogP) is 2.55. The molecule has 0 aliphatic rings. The van der Waals surface area contributed by atoms with Crippen molar-refractivity contribution in [3.8, 4) is 0 Å². The fourth-order valence-corrected chi connectivity index (χ4v) is 2.75. The van der Waals surface area contributed by atoms with Gasteiger partial charge in [-0.1, -0.05) is 54.6 Å². The van der Waals surface area contributed by atoms with Crippen molar-refractivity contribution in [2.75, 3.05) is 0 Å². The second-order valence-electron chi connectivity index (χ2n) is 6.54. The van der Waals surface area contributed by atoms with Crippen LogP contribution in [0.2, 0.25) is 0 Å². The number of aliphatic carboxylic acids is 1. The molecule has 2 aromatic rings. The number of hydrogen-bond donors (Lipinski definition) is 3. The van der Waals surface area contributed by atoms with Crippen LogP contribution in [0.3, 0.4) is 0 Å². The topological polar surface area (TPSA) is 95.5 Å². The van der Waals surface area contributed by atoms with E-state index in [1.807, 2.05) is 30.3 Å². The van der Waals surface area contributed by atoms with Crippen molar-refractivity contribution in [3.63, 3.8) is 0 Å². The van der Waals surface area contributed by atoms with Crippen LogP contribution in [-0.2, 0) is 20.8 Å². The van der Waals surface area contributed by atoms with Gasteiger partial charge in [0.15, 0.2) is 0 Å². The maximum absolute atomic E-state index is 13.4. The van der Waals surface area contributed by atoms with Crippen molar-refractivity contribution in [1.82, 2.24) is 10.6 Å². The third-order valence-corrected chi connectivity index (χ3v) is 4.12. The SMILES string of the molecule is CC(=O)N[C@H](Cc1cccc(F)c1)C(=O)N[C@H](C/C=C/c1ccccc1)C(=O)O. The zero-order valence-corrected chi connectivity index (χ0v) is 16.0. The molecule has 152 valence electrons. The number of hydrogen-bond acceptors (Lipinski definition) is 3. The van der Waals surface area contributed by atoms with Gasteiger partial charge >= 0.3 is 5.97 Å². The Morgan fingerprint density at radius 2 is 1.76 bits per heavy atom. The first kappa shape index (κ1) is 21.8. The molecule has 0 saturated carbocycles. The van der Waals surface area contributed by atoms with E-state index in [1.165, 1.54) is 25.1 Å². The van der Waals surface area contributed by atoms with Crippen LogP contribution in [0.25, 0.3) is 6.08 Å². The zero-order chi connectivity index (χ0) is 21.2. The smallest absolute Gasteiger partial charge is 0.326 e. The molecule has 0 aliphatic carbocycles. The summed E-state index contributed by atoms with van der Waals surface area (Å²) in [5.74, 6) is -2.75. The van der Waals surface area contributed by atoms with Gasteiger partial charge in [-0.15, -0.1) is 0 Å². The van der Waals surface area contributed by atoms with Gasteiger partial charge in [-0.05, 0) is 29.7 Å². The lowest BCUT2D eigenvalue weighted by molar-refractivity contribution is -0.142. The van der Waals surface area contributed by atoms with Crippen LogP contribution in [0.1, 0.15) is 24.5 Å². The van der Waals surface area contributed by atoms with E-state index < -0.39 is 35.7 Å². The first-order chi connectivity index (χ1) is 13.8. The molecule has 2 amide bonds. The van der Waals surface area contributed by atoms with E-state index in [2.05, 4.69) is 10.6 Å². The van der Waals surface area contributed by atoms with E-state index in [4.69, 9.17) is 0 Å². The average molecular weight is 398 g/mol. The molecule has 0 unspecified atom stereocenters. The highest BCUT2D eigenvalue weighted by Gasteiger charge is 2.25. The van der Waals surface area contributed by atoms with Crippen LogP contribution in [0.4, 0.5) is 4.39 Å². The van der Waals surface area contributed by atoms with Gasteiger partial charge in [-0.25, -0.2) is 9.18 Å². The number of carbonyl (C=O) groups is 3. The van der Waals surface area contributed by atoms with Crippen molar-refractivity contribution in [2.45, 2.75) is 31.8 Å². The van der Waals surface area contributed by atoms with Gasteiger partial charge in [0.05, 0.1) is 0 Å². The minimum Gasteiger partial charge on any atom is -0.480 e. The highest BCUT2D eigenvalue weighted by Crippen LogP contribution is 2.08. The fourth-order valence-electron chi connectivity index (χ4n) is 2.75. The highest BCUT2D eigenvalue weighted by atomic mass is 19.1. The first-order valence-corrected chi connectivity index (χ1v) is 9.11. The molecular formula is C22H23FN2O4. The standard InChI is InChI=1S/C22H23FN2O4/c1-15(26)24-20(14-17-10-5-11-18(23)13-17)21(27)25-19(22(28)29)12-6-9-16-7-3-2-4-8-16/h2-11,13,19-20H,12,14H2,1H3,(H,24,26)(H,25,27)(H,28,29)/b9-6+/t19-,20-/m1/s1. The first-order valence-electron chi connectivity index (χ1n) is 9.11. The highest BCUT2D eigenvalue weighted by molar-refractivity contribution is 5.90. The summed E-state index contributed by atoms with van der Waals surface area (Å²) < 4.78 is 13.4. The monoisotopic (exact) mass is 398 g/mol. The van der Waals surface area contributed by atoms with E-state index in [0.29, 0.717) is 5.56 Å². The van der Waals surface area contributed by atoms with Gasteiger partial charge in [0.2, 0.25) is 11.8 Å². The average Bonchev–Trinajstić information content (AvgIpc) is 2.67. The number of rotatable bonds is 9. The Hall–Kier alpha value is -3.48. The molecule has 0 aliphatic heterocycles. The summed E-state index contributed by atoms with van der Waals surface area (Å²) in [5, 5.41) is 14.4. The molecule has 3 N–H and O–H groups in total. The van der Waals surface area contributed by atoms with Gasteiger partial charge in [0.25, 0.3) is 0 Å².